The average Bonchev–Trinajstić information content (AvgIpc) is 3.20. The van der Waals surface area contributed by atoms with Crippen molar-refractivity contribution in [1.29, 1.82) is 0 Å². The van der Waals surface area contributed by atoms with E-state index in [0.29, 0.717) is 36.8 Å². The highest BCUT2D eigenvalue weighted by Gasteiger charge is 2.28. The Balaban J connectivity index is 0.000000156. The smallest absolute Gasteiger partial charge is 0.307 e. The molecule has 27 heavy (non-hydrogen) atoms. The van der Waals surface area contributed by atoms with Gasteiger partial charge in [0, 0.05) is 6.61 Å². The zero-order chi connectivity index (χ0) is 19.7. The predicted octanol–water partition coefficient (Wildman–Crippen LogP) is 3.44. The van der Waals surface area contributed by atoms with E-state index in [2.05, 4.69) is 0 Å². The molecule has 2 aromatic carbocycles. The van der Waals surface area contributed by atoms with E-state index in [-0.39, 0.29) is 12.5 Å². The summed E-state index contributed by atoms with van der Waals surface area (Å²) >= 11 is 0. The maximum Gasteiger partial charge on any atom is 0.307 e. The standard InChI is InChI=1S/C10H8F2O2.C10H10F2O/c11-8-3-5-1-7(10(13)14)2-6(5)4-9(8)12;11-9-3-7-1-6(5-13)2-8(7)4-10(9)12/h3-4,7H,1-2H2,(H,13,14);3-4,6,13H,1-2,5H2. The summed E-state index contributed by atoms with van der Waals surface area (Å²) in [7, 11) is 0. The first-order chi connectivity index (χ1) is 12.8. The highest BCUT2D eigenvalue weighted by Crippen LogP contribution is 2.29. The Labute approximate surface area is 153 Å². The number of fused-ring (bicyclic) bond motifs is 2. The van der Waals surface area contributed by atoms with Crippen molar-refractivity contribution in [2.45, 2.75) is 25.7 Å². The van der Waals surface area contributed by atoms with Crippen LogP contribution in [0.1, 0.15) is 22.3 Å². The Morgan fingerprint density at radius 3 is 1.41 bits per heavy atom. The van der Waals surface area contributed by atoms with Gasteiger partial charge >= 0.3 is 5.97 Å². The van der Waals surface area contributed by atoms with Gasteiger partial charge in [0.1, 0.15) is 0 Å². The lowest BCUT2D eigenvalue weighted by atomic mass is 10.1. The number of rotatable bonds is 2. The number of carbonyl (C=O) groups is 1. The van der Waals surface area contributed by atoms with Gasteiger partial charge in [-0.1, -0.05) is 0 Å². The molecule has 0 heterocycles. The van der Waals surface area contributed by atoms with Gasteiger partial charge in [0.2, 0.25) is 0 Å². The van der Waals surface area contributed by atoms with Crippen molar-refractivity contribution in [3.63, 3.8) is 0 Å². The van der Waals surface area contributed by atoms with E-state index < -0.39 is 35.2 Å². The molecule has 0 atom stereocenters. The van der Waals surface area contributed by atoms with Crippen LogP contribution in [-0.2, 0) is 30.5 Å². The lowest BCUT2D eigenvalue weighted by molar-refractivity contribution is -0.141. The number of aliphatic carboxylic acids is 1. The van der Waals surface area contributed by atoms with E-state index in [9.17, 15) is 22.4 Å². The van der Waals surface area contributed by atoms with E-state index in [1.54, 1.807) is 0 Å². The van der Waals surface area contributed by atoms with Gasteiger partial charge in [-0.25, -0.2) is 17.6 Å². The van der Waals surface area contributed by atoms with Crippen LogP contribution in [0.4, 0.5) is 17.6 Å². The SMILES string of the molecule is O=C(O)C1Cc2cc(F)c(F)cc2C1.OCC1Cc2cc(F)c(F)cc2C1. The molecule has 7 heteroatoms. The van der Waals surface area contributed by atoms with Crippen LogP contribution < -0.4 is 0 Å². The third-order valence-corrected chi connectivity index (χ3v) is 5.04. The molecule has 0 bridgehead atoms. The van der Waals surface area contributed by atoms with Gasteiger partial charge in [0.05, 0.1) is 5.92 Å². The van der Waals surface area contributed by atoms with Crippen LogP contribution in [0.3, 0.4) is 0 Å². The molecule has 2 N–H and O–H groups in total. The third-order valence-electron chi connectivity index (χ3n) is 5.04. The molecule has 0 unspecified atom stereocenters. The number of hydrogen-bond acceptors (Lipinski definition) is 2. The Morgan fingerprint density at radius 1 is 0.778 bits per heavy atom. The lowest BCUT2D eigenvalue weighted by Crippen LogP contribution is -2.12. The largest absolute Gasteiger partial charge is 0.481 e. The molecule has 2 aliphatic rings. The molecule has 0 aromatic heterocycles. The quantitative estimate of drug-likeness (QED) is 0.783. The summed E-state index contributed by atoms with van der Waals surface area (Å²) in [4.78, 5) is 10.7. The third kappa shape index (κ3) is 4.13. The van der Waals surface area contributed by atoms with E-state index in [1.807, 2.05) is 0 Å². The molecule has 4 rings (SSSR count). The predicted molar refractivity (Wildman–Crippen MR) is 89.2 cm³/mol. The highest BCUT2D eigenvalue weighted by molar-refractivity contribution is 5.72. The maximum absolute atomic E-state index is 12.8. The van der Waals surface area contributed by atoms with Gasteiger partial charge in [-0.15, -0.1) is 0 Å². The molecule has 2 aliphatic carbocycles. The van der Waals surface area contributed by atoms with Crippen molar-refractivity contribution < 1.29 is 32.6 Å². The van der Waals surface area contributed by atoms with Gasteiger partial charge in [-0.3, -0.25) is 4.79 Å². The van der Waals surface area contributed by atoms with Crippen LogP contribution in [-0.4, -0.2) is 22.8 Å². The minimum absolute atomic E-state index is 0.0813. The molecular weight excluding hydrogens is 364 g/mol. The van der Waals surface area contributed by atoms with Crippen LogP contribution in [0, 0.1) is 35.1 Å². The van der Waals surface area contributed by atoms with Crippen molar-refractivity contribution in [1.82, 2.24) is 0 Å². The van der Waals surface area contributed by atoms with Gasteiger partial charge in [0.15, 0.2) is 23.3 Å². The summed E-state index contributed by atoms with van der Waals surface area (Å²) in [5.74, 6) is -4.72. The number of halogens is 4. The zero-order valence-electron chi connectivity index (χ0n) is 14.3. The first-order valence-electron chi connectivity index (χ1n) is 8.55. The molecule has 0 spiro atoms. The first kappa shape index (κ1) is 19.4. The molecule has 144 valence electrons. The second-order valence-electron chi connectivity index (χ2n) is 6.97. The van der Waals surface area contributed by atoms with Crippen molar-refractivity contribution in [3.8, 4) is 0 Å². The van der Waals surface area contributed by atoms with Crippen molar-refractivity contribution in [3.05, 3.63) is 69.8 Å². The van der Waals surface area contributed by atoms with Crippen LogP contribution in [0.5, 0.6) is 0 Å². The fourth-order valence-electron chi connectivity index (χ4n) is 3.62. The molecule has 0 fully saturated rings. The van der Waals surface area contributed by atoms with E-state index in [0.717, 1.165) is 23.3 Å². The Bertz CT molecular complexity index is 820. The summed E-state index contributed by atoms with van der Waals surface area (Å²) in [5.41, 5.74) is 2.88. The Kier molecular flexibility index (Phi) is 5.51. The van der Waals surface area contributed by atoms with Crippen LogP contribution in [0.15, 0.2) is 24.3 Å². The number of benzene rings is 2. The fraction of sp³-hybridized carbons (Fsp3) is 0.350. The molecule has 0 saturated carbocycles. The molecule has 0 aliphatic heterocycles. The first-order valence-corrected chi connectivity index (χ1v) is 8.55. The second kappa shape index (κ2) is 7.68. The molecule has 0 amide bonds. The average molecular weight is 382 g/mol. The molecule has 2 aromatic rings. The number of aliphatic hydroxyl groups is 1. The minimum atomic E-state index is -0.915. The molecule has 3 nitrogen and oxygen atoms in total. The highest BCUT2D eigenvalue weighted by atomic mass is 19.2. The van der Waals surface area contributed by atoms with E-state index in [4.69, 9.17) is 10.2 Å². The summed E-state index contributed by atoms with van der Waals surface area (Å²) < 4.78 is 51.1. The topological polar surface area (TPSA) is 57.5 Å². The fourth-order valence-corrected chi connectivity index (χ4v) is 3.62. The van der Waals surface area contributed by atoms with E-state index in [1.165, 1.54) is 12.1 Å². The maximum atomic E-state index is 12.8. The number of aliphatic hydroxyl groups excluding tert-OH is 1. The summed E-state index contributed by atoms with van der Waals surface area (Å²) in [5, 5.41) is 17.6. The van der Waals surface area contributed by atoms with Crippen LogP contribution in [0.25, 0.3) is 0 Å². The van der Waals surface area contributed by atoms with Gasteiger partial charge < -0.3 is 10.2 Å². The van der Waals surface area contributed by atoms with Crippen molar-refractivity contribution >= 4 is 5.97 Å². The van der Waals surface area contributed by atoms with Crippen LogP contribution >= 0.6 is 0 Å². The summed E-state index contributed by atoms with van der Waals surface area (Å²) in [6.45, 7) is 0.0813. The van der Waals surface area contributed by atoms with Gasteiger partial charge in [-0.05, 0) is 78.1 Å². The number of carboxylic acid groups (broad SMARTS) is 1. The van der Waals surface area contributed by atoms with Crippen molar-refractivity contribution in [2.24, 2.45) is 11.8 Å². The monoisotopic (exact) mass is 382 g/mol. The lowest BCUT2D eigenvalue weighted by Gasteiger charge is -2.00. The second-order valence-corrected chi connectivity index (χ2v) is 6.97. The Morgan fingerprint density at radius 2 is 1.11 bits per heavy atom. The van der Waals surface area contributed by atoms with Crippen LogP contribution in [0.2, 0.25) is 0 Å². The van der Waals surface area contributed by atoms with E-state index >= 15 is 0 Å². The normalized spacial score (nSPS) is 15.9. The molecular formula is C20H18F4O3. The zero-order valence-corrected chi connectivity index (χ0v) is 14.3. The summed E-state index contributed by atoms with van der Waals surface area (Å²) in [6.07, 6.45) is 1.90. The van der Waals surface area contributed by atoms with Crippen molar-refractivity contribution in [2.75, 3.05) is 6.61 Å². The molecule has 0 radical (unpaired) electrons. The number of carboxylic acids is 1. The van der Waals surface area contributed by atoms with Gasteiger partial charge in [0.25, 0.3) is 0 Å². The minimum Gasteiger partial charge on any atom is -0.481 e. The molecule has 0 saturated heterocycles. The van der Waals surface area contributed by atoms with Gasteiger partial charge in [-0.2, -0.15) is 0 Å². The Hall–Kier alpha value is -2.41. The summed E-state index contributed by atoms with van der Waals surface area (Å²) in [6, 6.07) is 4.65. The number of hydrogen-bond donors (Lipinski definition) is 2.